The van der Waals surface area contributed by atoms with Gasteiger partial charge in [-0.05, 0) is 44.0 Å². The molecule has 2 rings (SSSR count). The lowest BCUT2D eigenvalue weighted by molar-refractivity contribution is 0.127. The fourth-order valence-electron chi connectivity index (χ4n) is 2.96. The first kappa shape index (κ1) is 13.8. The molecule has 0 aromatic carbocycles. The maximum Gasteiger partial charge on any atom is 0.0634 e. The summed E-state index contributed by atoms with van der Waals surface area (Å²) in [5.41, 5.74) is 7.04. The first-order valence-corrected chi connectivity index (χ1v) is 7.09. The second kappa shape index (κ2) is 6.50. The smallest absolute Gasteiger partial charge is 0.0634 e. The van der Waals surface area contributed by atoms with Crippen molar-refractivity contribution in [1.29, 1.82) is 0 Å². The molecule has 1 aliphatic carbocycles. The molecule has 0 saturated heterocycles. The van der Waals surface area contributed by atoms with Crippen LogP contribution in [0.3, 0.4) is 0 Å². The van der Waals surface area contributed by atoms with Crippen molar-refractivity contribution in [1.82, 2.24) is 9.88 Å². The van der Waals surface area contributed by atoms with Crippen molar-refractivity contribution in [2.24, 2.45) is 11.7 Å². The lowest BCUT2D eigenvalue weighted by Crippen LogP contribution is -2.42. The van der Waals surface area contributed by atoms with Gasteiger partial charge < -0.3 is 5.73 Å². The first-order valence-electron chi connectivity index (χ1n) is 6.71. The van der Waals surface area contributed by atoms with Crippen LogP contribution in [0, 0.1) is 5.92 Å². The molecule has 18 heavy (non-hydrogen) atoms. The molecular formula is C14H22ClN3. The van der Waals surface area contributed by atoms with Crippen LogP contribution in [0.1, 0.15) is 31.2 Å². The highest BCUT2D eigenvalue weighted by Gasteiger charge is 2.27. The van der Waals surface area contributed by atoms with Crippen molar-refractivity contribution in [3.05, 3.63) is 29.0 Å². The largest absolute Gasteiger partial charge is 0.330 e. The number of halogens is 1. The molecule has 0 amide bonds. The van der Waals surface area contributed by atoms with Crippen molar-refractivity contribution in [2.75, 3.05) is 13.6 Å². The fourth-order valence-corrected chi connectivity index (χ4v) is 3.14. The minimum absolute atomic E-state index is 0.591. The van der Waals surface area contributed by atoms with Crippen LogP contribution in [-0.4, -0.2) is 29.5 Å². The van der Waals surface area contributed by atoms with E-state index >= 15 is 0 Å². The molecule has 1 aromatic heterocycles. The Morgan fingerprint density at radius 2 is 2.22 bits per heavy atom. The summed E-state index contributed by atoms with van der Waals surface area (Å²) in [5, 5.41) is 0.754. The Morgan fingerprint density at radius 3 is 2.94 bits per heavy atom. The number of hydrogen-bond acceptors (Lipinski definition) is 3. The van der Waals surface area contributed by atoms with Crippen LogP contribution in [0.5, 0.6) is 0 Å². The Balaban J connectivity index is 2.02. The third kappa shape index (κ3) is 3.22. The molecule has 3 nitrogen and oxygen atoms in total. The summed E-state index contributed by atoms with van der Waals surface area (Å²) in [4.78, 5) is 6.43. The molecule has 2 N–H and O–H groups in total. The van der Waals surface area contributed by atoms with Gasteiger partial charge in [0, 0.05) is 25.0 Å². The van der Waals surface area contributed by atoms with Crippen LogP contribution in [0.15, 0.2) is 18.5 Å². The molecule has 1 fully saturated rings. The van der Waals surface area contributed by atoms with E-state index in [2.05, 4.69) is 16.9 Å². The van der Waals surface area contributed by atoms with E-state index in [1.165, 1.54) is 25.7 Å². The summed E-state index contributed by atoms with van der Waals surface area (Å²) in [6.07, 6.45) is 8.66. The van der Waals surface area contributed by atoms with E-state index in [1.807, 2.05) is 6.07 Å². The highest BCUT2D eigenvalue weighted by atomic mass is 35.5. The number of nitrogens with zero attached hydrogens (tertiary/aromatic N) is 2. The predicted molar refractivity (Wildman–Crippen MR) is 75.5 cm³/mol. The molecule has 1 aliphatic rings. The molecule has 1 heterocycles. The number of pyridine rings is 1. The molecular weight excluding hydrogens is 246 g/mol. The zero-order valence-corrected chi connectivity index (χ0v) is 11.7. The van der Waals surface area contributed by atoms with Gasteiger partial charge in [-0.25, -0.2) is 0 Å². The Kier molecular flexibility index (Phi) is 4.98. The molecule has 1 saturated carbocycles. The summed E-state index contributed by atoms with van der Waals surface area (Å²) in [5.74, 6) is 0.629. The van der Waals surface area contributed by atoms with Gasteiger partial charge in [-0.3, -0.25) is 9.88 Å². The molecule has 2 unspecified atom stereocenters. The molecule has 0 radical (unpaired) electrons. The van der Waals surface area contributed by atoms with Crippen LogP contribution >= 0.6 is 11.6 Å². The van der Waals surface area contributed by atoms with Crippen molar-refractivity contribution in [3.8, 4) is 0 Å². The third-order valence-corrected chi connectivity index (χ3v) is 4.35. The van der Waals surface area contributed by atoms with Crippen LogP contribution in [-0.2, 0) is 6.54 Å². The number of nitrogens with two attached hydrogens (primary N) is 1. The number of aromatic nitrogens is 1. The van der Waals surface area contributed by atoms with Crippen LogP contribution in [0.4, 0.5) is 0 Å². The van der Waals surface area contributed by atoms with Gasteiger partial charge in [0.25, 0.3) is 0 Å². The van der Waals surface area contributed by atoms with Crippen molar-refractivity contribution < 1.29 is 0 Å². The van der Waals surface area contributed by atoms with Crippen molar-refractivity contribution in [2.45, 2.75) is 38.3 Å². The van der Waals surface area contributed by atoms with Crippen molar-refractivity contribution >= 4 is 11.6 Å². The molecule has 2 atom stereocenters. The SMILES string of the molecule is CN(Cc1ccncc1Cl)C1CCCCC1CN. The van der Waals surface area contributed by atoms with Gasteiger partial charge in [-0.15, -0.1) is 0 Å². The van der Waals surface area contributed by atoms with Crippen LogP contribution < -0.4 is 5.73 Å². The summed E-state index contributed by atoms with van der Waals surface area (Å²) in [6, 6.07) is 2.59. The van der Waals surface area contributed by atoms with Gasteiger partial charge in [0.05, 0.1) is 5.02 Å². The van der Waals surface area contributed by atoms with Gasteiger partial charge in [0.15, 0.2) is 0 Å². The zero-order valence-electron chi connectivity index (χ0n) is 11.0. The van der Waals surface area contributed by atoms with E-state index < -0.39 is 0 Å². The minimum Gasteiger partial charge on any atom is -0.330 e. The average molecular weight is 268 g/mol. The lowest BCUT2D eigenvalue weighted by atomic mass is 9.83. The van der Waals surface area contributed by atoms with E-state index in [9.17, 15) is 0 Å². The van der Waals surface area contributed by atoms with Crippen LogP contribution in [0.25, 0.3) is 0 Å². The van der Waals surface area contributed by atoms with Gasteiger partial charge in [0.1, 0.15) is 0 Å². The predicted octanol–water partition coefficient (Wildman–Crippen LogP) is 2.68. The quantitative estimate of drug-likeness (QED) is 0.912. The average Bonchev–Trinajstić information content (AvgIpc) is 2.41. The summed E-state index contributed by atoms with van der Waals surface area (Å²) < 4.78 is 0. The maximum absolute atomic E-state index is 6.16. The second-order valence-corrected chi connectivity index (χ2v) is 5.64. The fraction of sp³-hybridized carbons (Fsp3) is 0.643. The molecule has 0 bridgehead atoms. The summed E-state index contributed by atoms with van der Waals surface area (Å²) in [6.45, 7) is 1.67. The van der Waals surface area contributed by atoms with Gasteiger partial charge in [-0.2, -0.15) is 0 Å². The Labute approximate surface area is 114 Å². The highest BCUT2D eigenvalue weighted by Crippen LogP contribution is 2.28. The minimum atomic E-state index is 0.591. The van der Waals surface area contributed by atoms with Gasteiger partial charge in [-0.1, -0.05) is 24.4 Å². The Hall–Kier alpha value is -0.640. The number of rotatable bonds is 4. The molecule has 0 spiro atoms. The maximum atomic E-state index is 6.16. The first-order chi connectivity index (χ1) is 8.72. The van der Waals surface area contributed by atoms with Gasteiger partial charge >= 0.3 is 0 Å². The van der Waals surface area contributed by atoms with E-state index in [4.69, 9.17) is 17.3 Å². The molecule has 4 heteroatoms. The second-order valence-electron chi connectivity index (χ2n) is 5.23. The Bertz CT molecular complexity index is 383. The molecule has 100 valence electrons. The van der Waals surface area contributed by atoms with E-state index in [-0.39, 0.29) is 0 Å². The standard InChI is InChI=1S/C14H22ClN3/c1-18(10-12-6-7-17-9-13(12)15)14-5-3-2-4-11(14)8-16/h6-7,9,11,14H,2-5,8,10,16H2,1H3. The van der Waals surface area contributed by atoms with E-state index in [1.54, 1.807) is 12.4 Å². The normalized spacial score (nSPS) is 24.4. The summed E-state index contributed by atoms with van der Waals surface area (Å²) in [7, 11) is 2.18. The topological polar surface area (TPSA) is 42.2 Å². The van der Waals surface area contributed by atoms with E-state index in [0.717, 1.165) is 23.7 Å². The van der Waals surface area contributed by atoms with E-state index in [0.29, 0.717) is 12.0 Å². The summed E-state index contributed by atoms with van der Waals surface area (Å²) >= 11 is 6.16. The third-order valence-electron chi connectivity index (χ3n) is 4.01. The Morgan fingerprint density at radius 1 is 1.44 bits per heavy atom. The number of hydrogen-bond donors (Lipinski definition) is 1. The van der Waals surface area contributed by atoms with Crippen LogP contribution in [0.2, 0.25) is 5.02 Å². The molecule has 0 aliphatic heterocycles. The van der Waals surface area contributed by atoms with Crippen molar-refractivity contribution in [3.63, 3.8) is 0 Å². The van der Waals surface area contributed by atoms with Gasteiger partial charge in [0.2, 0.25) is 0 Å². The zero-order chi connectivity index (χ0) is 13.0. The lowest BCUT2D eigenvalue weighted by Gasteiger charge is -2.37. The highest BCUT2D eigenvalue weighted by molar-refractivity contribution is 6.31. The molecule has 1 aromatic rings. The monoisotopic (exact) mass is 267 g/mol.